The molecule has 7 nitrogen and oxygen atoms in total. The highest BCUT2D eigenvalue weighted by molar-refractivity contribution is 5.26. The molecule has 5 unspecified atom stereocenters. The lowest BCUT2D eigenvalue weighted by molar-refractivity contribution is -0.304. The number of phenols is 1. The standard InChI is InChI=1S/C13H18O7/c14-5-9-10(16)11(17)12(18)13(20-9)19-6-7-2-1-3-8(15)4-7/h1-4,9-18H,5-6H2. The molecule has 1 saturated heterocycles. The molecule has 0 aromatic heterocycles. The Balaban J connectivity index is 1.97. The number of hydrogen-bond donors (Lipinski definition) is 5. The number of aliphatic hydroxyl groups is 4. The van der Waals surface area contributed by atoms with Crippen molar-refractivity contribution in [3.8, 4) is 5.75 Å². The molecule has 0 aliphatic carbocycles. The Labute approximate surface area is 115 Å². The summed E-state index contributed by atoms with van der Waals surface area (Å²) in [5.74, 6) is 0.0832. The Bertz CT molecular complexity index is 436. The molecule has 5 N–H and O–H groups in total. The molecule has 1 aromatic carbocycles. The fourth-order valence-electron chi connectivity index (χ4n) is 2.03. The highest BCUT2D eigenvalue weighted by Crippen LogP contribution is 2.23. The topological polar surface area (TPSA) is 120 Å². The summed E-state index contributed by atoms with van der Waals surface area (Å²) in [5, 5.41) is 47.3. The second-order valence-corrected chi connectivity index (χ2v) is 4.68. The molecule has 0 radical (unpaired) electrons. The van der Waals surface area contributed by atoms with Crippen LogP contribution in [-0.2, 0) is 16.1 Å². The molecule has 5 atom stereocenters. The largest absolute Gasteiger partial charge is 0.508 e. The Morgan fingerprint density at radius 2 is 1.85 bits per heavy atom. The molecule has 112 valence electrons. The smallest absolute Gasteiger partial charge is 0.187 e. The van der Waals surface area contributed by atoms with Gasteiger partial charge in [-0.3, -0.25) is 0 Å². The van der Waals surface area contributed by atoms with Gasteiger partial charge in [-0.1, -0.05) is 12.1 Å². The molecule has 1 aliphatic rings. The Kier molecular flexibility index (Phi) is 4.92. The van der Waals surface area contributed by atoms with Crippen LogP contribution >= 0.6 is 0 Å². The number of phenolic OH excluding ortho intramolecular Hbond substituents is 1. The van der Waals surface area contributed by atoms with Gasteiger partial charge in [-0.25, -0.2) is 0 Å². The average Bonchev–Trinajstić information content (AvgIpc) is 2.44. The molecule has 1 aromatic rings. The van der Waals surface area contributed by atoms with Crippen molar-refractivity contribution in [1.29, 1.82) is 0 Å². The van der Waals surface area contributed by atoms with Crippen molar-refractivity contribution in [3.05, 3.63) is 29.8 Å². The van der Waals surface area contributed by atoms with Gasteiger partial charge in [-0.15, -0.1) is 0 Å². The van der Waals surface area contributed by atoms with Crippen LogP contribution in [0.4, 0.5) is 0 Å². The van der Waals surface area contributed by atoms with Crippen LogP contribution in [0.25, 0.3) is 0 Å². The van der Waals surface area contributed by atoms with Crippen molar-refractivity contribution in [3.63, 3.8) is 0 Å². The van der Waals surface area contributed by atoms with Crippen molar-refractivity contribution in [1.82, 2.24) is 0 Å². The van der Waals surface area contributed by atoms with E-state index in [1.54, 1.807) is 12.1 Å². The van der Waals surface area contributed by atoms with Gasteiger partial charge in [0.2, 0.25) is 0 Å². The van der Waals surface area contributed by atoms with Crippen molar-refractivity contribution < 1.29 is 35.0 Å². The third-order valence-electron chi connectivity index (χ3n) is 3.17. The quantitative estimate of drug-likeness (QED) is 0.467. The van der Waals surface area contributed by atoms with E-state index in [4.69, 9.17) is 14.6 Å². The van der Waals surface area contributed by atoms with E-state index in [-0.39, 0.29) is 12.4 Å². The molecule has 0 saturated carbocycles. The first-order valence-electron chi connectivity index (χ1n) is 6.23. The van der Waals surface area contributed by atoms with Gasteiger partial charge < -0.3 is 35.0 Å². The van der Waals surface area contributed by atoms with Crippen LogP contribution in [0.15, 0.2) is 24.3 Å². The molecular weight excluding hydrogens is 268 g/mol. The van der Waals surface area contributed by atoms with E-state index in [2.05, 4.69) is 0 Å². The van der Waals surface area contributed by atoms with Crippen LogP contribution < -0.4 is 0 Å². The third kappa shape index (κ3) is 3.26. The molecule has 0 spiro atoms. The molecule has 1 aliphatic heterocycles. The van der Waals surface area contributed by atoms with Crippen molar-refractivity contribution >= 4 is 0 Å². The predicted octanol–water partition coefficient (Wildman–Crippen LogP) is -1.29. The molecule has 0 bridgehead atoms. The van der Waals surface area contributed by atoms with Crippen molar-refractivity contribution in [2.24, 2.45) is 0 Å². The van der Waals surface area contributed by atoms with Crippen LogP contribution in [-0.4, -0.2) is 62.8 Å². The zero-order valence-electron chi connectivity index (χ0n) is 10.7. The minimum atomic E-state index is -1.46. The summed E-state index contributed by atoms with van der Waals surface area (Å²) in [7, 11) is 0. The van der Waals surface area contributed by atoms with Gasteiger partial charge in [0, 0.05) is 0 Å². The van der Waals surface area contributed by atoms with Crippen molar-refractivity contribution in [2.75, 3.05) is 6.61 Å². The molecule has 7 heteroatoms. The van der Waals surface area contributed by atoms with E-state index in [9.17, 15) is 20.4 Å². The van der Waals surface area contributed by atoms with Crippen LogP contribution in [0.1, 0.15) is 5.56 Å². The maximum Gasteiger partial charge on any atom is 0.187 e. The van der Waals surface area contributed by atoms with Gasteiger partial charge in [0.05, 0.1) is 13.2 Å². The minimum Gasteiger partial charge on any atom is -0.508 e. The summed E-state index contributed by atoms with van der Waals surface area (Å²) in [6, 6.07) is 6.35. The van der Waals surface area contributed by atoms with E-state index in [1.807, 2.05) is 0 Å². The monoisotopic (exact) mass is 286 g/mol. The lowest BCUT2D eigenvalue weighted by Crippen LogP contribution is -2.59. The highest BCUT2D eigenvalue weighted by Gasteiger charge is 2.43. The summed E-state index contributed by atoms with van der Waals surface area (Å²) >= 11 is 0. The van der Waals surface area contributed by atoms with Crippen LogP contribution in [0.5, 0.6) is 5.75 Å². The number of aliphatic hydroxyl groups excluding tert-OH is 4. The number of rotatable bonds is 4. The zero-order chi connectivity index (χ0) is 14.7. The van der Waals surface area contributed by atoms with E-state index in [0.717, 1.165) is 0 Å². The van der Waals surface area contributed by atoms with Crippen molar-refractivity contribution in [2.45, 2.75) is 37.3 Å². The van der Waals surface area contributed by atoms with E-state index < -0.39 is 37.3 Å². The lowest BCUT2D eigenvalue weighted by Gasteiger charge is -2.39. The minimum absolute atomic E-state index is 0.0388. The van der Waals surface area contributed by atoms with E-state index in [0.29, 0.717) is 5.56 Å². The van der Waals surface area contributed by atoms with Gasteiger partial charge in [0.15, 0.2) is 6.29 Å². The summed E-state index contributed by atoms with van der Waals surface area (Å²) in [5.41, 5.74) is 0.655. The maximum atomic E-state index is 9.76. The van der Waals surface area contributed by atoms with Gasteiger partial charge >= 0.3 is 0 Å². The predicted molar refractivity (Wildman–Crippen MR) is 66.7 cm³/mol. The lowest BCUT2D eigenvalue weighted by atomic mass is 9.99. The number of aromatic hydroxyl groups is 1. The number of benzene rings is 1. The molecule has 2 rings (SSSR count). The van der Waals surface area contributed by atoms with Gasteiger partial charge in [0.25, 0.3) is 0 Å². The Morgan fingerprint density at radius 3 is 2.50 bits per heavy atom. The van der Waals surface area contributed by atoms with Gasteiger partial charge in [-0.05, 0) is 17.7 Å². The summed E-state index contributed by atoms with van der Waals surface area (Å²) in [6.45, 7) is -0.464. The second-order valence-electron chi connectivity index (χ2n) is 4.68. The van der Waals surface area contributed by atoms with Gasteiger partial charge in [0.1, 0.15) is 30.2 Å². The van der Waals surface area contributed by atoms with Crippen LogP contribution in [0.2, 0.25) is 0 Å². The molecule has 20 heavy (non-hydrogen) atoms. The van der Waals surface area contributed by atoms with Crippen LogP contribution in [0, 0.1) is 0 Å². The first kappa shape index (κ1) is 15.2. The fourth-order valence-corrected chi connectivity index (χ4v) is 2.03. The van der Waals surface area contributed by atoms with E-state index in [1.165, 1.54) is 12.1 Å². The SMILES string of the molecule is OCC1OC(OCc2cccc(O)c2)C(O)C(O)C1O. The van der Waals surface area contributed by atoms with Crippen LogP contribution in [0.3, 0.4) is 0 Å². The average molecular weight is 286 g/mol. The molecule has 1 fully saturated rings. The summed E-state index contributed by atoms with van der Waals surface area (Å²) < 4.78 is 10.5. The first-order valence-corrected chi connectivity index (χ1v) is 6.23. The molecular formula is C13H18O7. The first-order chi connectivity index (χ1) is 9.52. The van der Waals surface area contributed by atoms with E-state index >= 15 is 0 Å². The second kappa shape index (κ2) is 6.49. The fraction of sp³-hybridized carbons (Fsp3) is 0.538. The number of ether oxygens (including phenoxy) is 2. The Hall–Kier alpha value is -1.22. The summed E-state index contributed by atoms with van der Waals surface area (Å²) in [6.07, 6.45) is -6.47. The Morgan fingerprint density at radius 1 is 1.10 bits per heavy atom. The normalized spacial score (nSPS) is 34.1. The molecule has 1 heterocycles. The maximum absolute atomic E-state index is 9.76. The summed E-state index contributed by atoms with van der Waals surface area (Å²) in [4.78, 5) is 0. The zero-order valence-corrected chi connectivity index (χ0v) is 10.7. The third-order valence-corrected chi connectivity index (χ3v) is 3.17. The number of hydrogen-bond acceptors (Lipinski definition) is 7. The van der Waals surface area contributed by atoms with Gasteiger partial charge in [-0.2, -0.15) is 0 Å². The highest BCUT2D eigenvalue weighted by atomic mass is 16.7. The molecule has 0 amide bonds.